The summed E-state index contributed by atoms with van der Waals surface area (Å²) in [5, 5.41) is 8.72. The van der Waals surface area contributed by atoms with Crippen molar-refractivity contribution in [3.05, 3.63) is 49.2 Å². The summed E-state index contributed by atoms with van der Waals surface area (Å²) < 4.78 is 3.71. The van der Waals surface area contributed by atoms with E-state index >= 15 is 0 Å². The molecular weight excluding hydrogens is 340 g/mol. The van der Waals surface area contributed by atoms with Gasteiger partial charge in [-0.15, -0.1) is 0 Å². The number of aryl methyl sites for hydroxylation is 1. The van der Waals surface area contributed by atoms with Gasteiger partial charge in [0.2, 0.25) is 5.91 Å². The lowest BCUT2D eigenvalue weighted by atomic mass is 10.00. The minimum absolute atomic E-state index is 0.0517. The number of aromatic nitrogens is 5. The number of likely N-dealkylation sites (tertiary alicyclic amines) is 1. The van der Waals surface area contributed by atoms with Crippen molar-refractivity contribution >= 4 is 11.4 Å². The van der Waals surface area contributed by atoms with E-state index < -0.39 is 0 Å². The summed E-state index contributed by atoms with van der Waals surface area (Å²) in [6.45, 7) is 5.29. The van der Waals surface area contributed by atoms with Gasteiger partial charge in [0.05, 0.1) is 35.5 Å². The van der Waals surface area contributed by atoms with Gasteiger partial charge >= 0.3 is 0 Å². The van der Waals surface area contributed by atoms with Gasteiger partial charge in [-0.25, -0.2) is 9.50 Å². The molecule has 27 heavy (non-hydrogen) atoms. The molecule has 3 aromatic heterocycles. The number of carbonyl (C=O) groups excluding carboxylic acids is 1. The van der Waals surface area contributed by atoms with Crippen molar-refractivity contribution in [1.82, 2.24) is 29.3 Å². The Morgan fingerprint density at radius 3 is 2.67 bits per heavy atom. The summed E-state index contributed by atoms with van der Waals surface area (Å²) in [5.74, 6) is 1.55. The van der Waals surface area contributed by atoms with Crippen molar-refractivity contribution in [2.75, 3.05) is 13.1 Å². The lowest BCUT2D eigenvalue weighted by molar-refractivity contribution is -0.125. The molecule has 7 heteroatoms. The summed E-state index contributed by atoms with van der Waals surface area (Å²) in [7, 11) is 1.91. The van der Waals surface area contributed by atoms with E-state index in [-0.39, 0.29) is 5.91 Å². The predicted octanol–water partition coefficient (Wildman–Crippen LogP) is 2.27. The van der Waals surface area contributed by atoms with Crippen LogP contribution in [0.1, 0.15) is 24.5 Å². The van der Waals surface area contributed by atoms with Crippen molar-refractivity contribution < 1.29 is 4.79 Å². The second-order valence-corrected chi connectivity index (χ2v) is 7.71. The van der Waals surface area contributed by atoms with Gasteiger partial charge in [-0.1, -0.05) is 6.58 Å². The zero-order valence-corrected chi connectivity index (χ0v) is 15.3. The number of carbonyl (C=O) groups is 1. The van der Waals surface area contributed by atoms with Gasteiger partial charge in [0.25, 0.3) is 0 Å². The monoisotopic (exact) mass is 362 g/mol. The maximum absolute atomic E-state index is 11.9. The van der Waals surface area contributed by atoms with Gasteiger partial charge in [-0.3, -0.25) is 9.48 Å². The van der Waals surface area contributed by atoms with Crippen LogP contribution in [0.25, 0.3) is 16.8 Å². The second kappa shape index (κ2) is 6.04. The van der Waals surface area contributed by atoms with Gasteiger partial charge in [-0.2, -0.15) is 10.2 Å². The molecule has 5 rings (SSSR count). The fourth-order valence-electron chi connectivity index (χ4n) is 4.78. The average Bonchev–Trinajstić information content (AvgIpc) is 3.42. The third-order valence-electron chi connectivity index (χ3n) is 6.04. The molecule has 1 aliphatic carbocycles. The lowest BCUT2D eigenvalue weighted by Crippen LogP contribution is -2.28. The standard InChI is InChI=1S/C20H22N6O/c1-3-19(27)25-10-14-6-13(7-15(14)11-25)20-18-4-5-21-26(18)12-17(23-20)16-8-22-24(2)9-16/h3-5,8-9,12-15H,1,6-7,10-11H2,2H3. The van der Waals surface area contributed by atoms with Crippen LogP contribution in [0.5, 0.6) is 0 Å². The summed E-state index contributed by atoms with van der Waals surface area (Å²) in [6, 6.07) is 2.04. The SMILES string of the molecule is C=CC(=O)N1CC2CC(c3nc(-c4cnn(C)c4)cn4nccc34)CC2C1. The third-order valence-corrected chi connectivity index (χ3v) is 6.04. The molecule has 0 bridgehead atoms. The first-order valence-electron chi connectivity index (χ1n) is 9.37. The van der Waals surface area contributed by atoms with E-state index in [0.717, 1.165) is 48.4 Å². The molecule has 1 aliphatic heterocycles. The molecule has 1 saturated heterocycles. The molecule has 0 radical (unpaired) electrons. The van der Waals surface area contributed by atoms with Crippen molar-refractivity contribution in [3.63, 3.8) is 0 Å². The molecule has 0 N–H and O–H groups in total. The fourth-order valence-corrected chi connectivity index (χ4v) is 4.78. The number of hydrogen-bond donors (Lipinski definition) is 0. The molecule has 4 heterocycles. The number of fused-ring (bicyclic) bond motifs is 2. The Hall–Kier alpha value is -2.96. The number of hydrogen-bond acceptors (Lipinski definition) is 4. The van der Waals surface area contributed by atoms with Crippen LogP contribution in [-0.4, -0.2) is 48.3 Å². The van der Waals surface area contributed by atoms with Crippen LogP contribution in [0.4, 0.5) is 0 Å². The Bertz CT molecular complexity index is 1020. The van der Waals surface area contributed by atoms with Gasteiger partial charge in [0, 0.05) is 37.8 Å². The van der Waals surface area contributed by atoms with Crippen LogP contribution in [0.3, 0.4) is 0 Å². The zero-order valence-electron chi connectivity index (χ0n) is 15.3. The van der Waals surface area contributed by atoms with Crippen LogP contribution < -0.4 is 0 Å². The molecule has 7 nitrogen and oxygen atoms in total. The van der Waals surface area contributed by atoms with Crippen molar-refractivity contribution in [2.24, 2.45) is 18.9 Å². The summed E-state index contributed by atoms with van der Waals surface area (Å²) >= 11 is 0. The highest BCUT2D eigenvalue weighted by atomic mass is 16.2. The molecule has 0 aromatic carbocycles. The Morgan fingerprint density at radius 1 is 1.22 bits per heavy atom. The first kappa shape index (κ1) is 16.2. The first-order valence-corrected chi connectivity index (χ1v) is 9.37. The number of nitrogens with zero attached hydrogens (tertiary/aromatic N) is 6. The predicted molar refractivity (Wildman–Crippen MR) is 101 cm³/mol. The van der Waals surface area contributed by atoms with E-state index in [0.29, 0.717) is 17.8 Å². The summed E-state index contributed by atoms with van der Waals surface area (Å²) in [6.07, 6.45) is 11.2. The van der Waals surface area contributed by atoms with Crippen molar-refractivity contribution in [2.45, 2.75) is 18.8 Å². The molecule has 2 aliphatic rings. The topological polar surface area (TPSA) is 68.3 Å². The van der Waals surface area contributed by atoms with E-state index in [9.17, 15) is 4.79 Å². The Kier molecular flexibility index (Phi) is 3.63. The molecule has 2 unspecified atom stereocenters. The highest BCUT2D eigenvalue weighted by molar-refractivity contribution is 5.87. The van der Waals surface area contributed by atoms with E-state index in [2.05, 4.69) is 16.8 Å². The lowest BCUT2D eigenvalue weighted by Gasteiger charge is -2.18. The van der Waals surface area contributed by atoms with Crippen LogP contribution in [-0.2, 0) is 11.8 Å². The normalized spacial score (nSPS) is 24.5. The maximum atomic E-state index is 11.9. The Morgan fingerprint density at radius 2 is 2.00 bits per heavy atom. The quantitative estimate of drug-likeness (QED) is 0.670. The van der Waals surface area contributed by atoms with Crippen LogP contribution in [0.2, 0.25) is 0 Å². The van der Waals surface area contributed by atoms with E-state index in [1.165, 1.54) is 6.08 Å². The van der Waals surface area contributed by atoms with Crippen LogP contribution >= 0.6 is 0 Å². The van der Waals surface area contributed by atoms with Crippen LogP contribution in [0.15, 0.2) is 43.5 Å². The van der Waals surface area contributed by atoms with Crippen molar-refractivity contribution in [1.29, 1.82) is 0 Å². The van der Waals surface area contributed by atoms with Gasteiger partial charge in [0.1, 0.15) is 0 Å². The molecule has 138 valence electrons. The molecule has 1 amide bonds. The average molecular weight is 362 g/mol. The van der Waals surface area contributed by atoms with E-state index in [1.807, 2.05) is 47.3 Å². The molecule has 2 fully saturated rings. The van der Waals surface area contributed by atoms with Gasteiger partial charge < -0.3 is 4.90 Å². The third kappa shape index (κ3) is 2.65. The van der Waals surface area contributed by atoms with Crippen LogP contribution in [0, 0.1) is 11.8 Å². The summed E-state index contributed by atoms with van der Waals surface area (Å²) in [4.78, 5) is 18.9. The Balaban J connectivity index is 1.47. The molecule has 2 atom stereocenters. The zero-order chi connectivity index (χ0) is 18.5. The largest absolute Gasteiger partial charge is 0.339 e. The van der Waals surface area contributed by atoms with Gasteiger partial charge in [-0.05, 0) is 36.8 Å². The highest BCUT2D eigenvalue weighted by Gasteiger charge is 2.43. The molecule has 0 spiro atoms. The first-order chi connectivity index (χ1) is 13.1. The number of amides is 1. The summed E-state index contributed by atoms with van der Waals surface area (Å²) in [5.41, 5.74) is 4.09. The fraction of sp³-hybridized carbons (Fsp3) is 0.400. The number of rotatable bonds is 3. The Labute approximate surface area is 157 Å². The minimum Gasteiger partial charge on any atom is -0.339 e. The second-order valence-electron chi connectivity index (χ2n) is 7.71. The maximum Gasteiger partial charge on any atom is 0.245 e. The highest BCUT2D eigenvalue weighted by Crippen LogP contribution is 2.46. The van der Waals surface area contributed by atoms with E-state index in [1.54, 1.807) is 4.68 Å². The minimum atomic E-state index is 0.0517. The molecule has 1 saturated carbocycles. The van der Waals surface area contributed by atoms with Crippen molar-refractivity contribution in [3.8, 4) is 11.3 Å². The van der Waals surface area contributed by atoms with Gasteiger partial charge in [0.15, 0.2) is 0 Å². The smallest absolute Gasteiger partial charge is 0.245 e. The molecular formula is C20H22N6O. The molecule has 3 aromatic rings. The van der Waals surface area contributed by atoms with E-state index in [4.69, 9.17) is 4.98 Å².